The Balaban J connectivity index is 1.70. The van der Waals surface area contributed by atoms with Gasteiger partial charge in [-0.15, -0.1) is 0 Å². The summed E-state index contributed by atoms with van der Waals surface area (Å²) >= 11 is 12.7. The molecule has 0 aliphatic heterocycles. The maximum atomic E-state index is 6.39. The van der Waals surface area contributed by atoms with Gasteiger partial charge in [-0.3, -0.25) is 4.98 Å². The first-order valence-corrected chi connectivity index (χ1v) is 9.29. The van der Waals surface area contributed by atoms with E-state index in [1.807, 2.05) is 18.2 Å². The average Bonchev–Trinajstić information content (AvgIpc) is 2.64. The van der Waals surface area contributed by atoms with Crippen molar-refractivity contribution in [3.8, 4) is 11.3 Å². The van der Waals surface area contributed by atoms with Crippen molar-refractivity contribution in [2.45, 2.75) is 38.1 Å². The van der Waals surface area contributed by atoms with Gasteiger partial charge in [0.25, 0.3) is 0 Å². The lowest BCUT2D eigenvalue weighted by molar-refractivity contribution is 0.462. The molecule has 1 saturated carbocycles. The molecule has 0 aromatic carbocycles. The molecule has 1 aliphatic carbocycles. The topological polar surface area (TPSA) is 50.7 Å². The average molecular weight is 373 g/mol. The van der Waals surface area contributed by atoms with Crippen molar-refractivity contribution in [1.29, 1.82) is 0 Å². The SMILES string of the molecule is Clc1cnc(NC2CCCCC2)cc1-c1cc2cnccc2c(Cl)n1. The van der Waals surface area contributed by atoms with Crippen LogP contribution in [0.1, 0.15) is 32.1 Å². The molecular formula is C19H18Cl2N4. The van der Waals surface area contributed by atoms with Gasteiger partial charge in [-0.2, -0.15) is 0 Å². The van der Waals surface area contributed by atoms with Crippen molar-refractivity contribution in [3.63, 3.8) is 0 Å². The second-order valence-corrected chi connectivity index (χ2v) is 7.19. The normalized spacial score (nSPS) is 15.4. The lowest BCUT2D eigenvalue weighted by Crippen LogP contribution is -2.22. The Morgan fingerprint density at radius 3 is 2.72 bits per heavy atom. The van der Waals surface area contributed by atoms with Crippen molar-refractivity contribution in [2.75, 3.05) is 5.32 Å². The third kappa shape index (κ3) is 3.55. The second-order valence-electron chi connectivity index (χ2n) is 6.42. The quantitative estimate of drug-likeness (QED) is 0.595. The molecule has 1 fully saturated rings. The predicted octanol–water partition coefficient (Wildman–Crippen LogP) is 5.74. The van der Waals surface area contributed by atoms with Gasteiger partial charge in [0.1, 0.15) is 11.0 Å². The zero-order valence-corrected chi connectivity index (χ0v) is 15.2. The monoisotopic (exact) mass is 372 g/mol. The van der Waals surface area contributed by atoms with E-state index in [9.17, 15) is 0 Å². The van der Waals surface area contributed by atoms with E-state index in [1.54, 1.807) is 18.6 Å². The van der Waals surface area contributed by atoms with Crippen LogP contribution in [-0.2, 0) is 0 Å². The van der Waals surface area contributed by atoms with Crippen LogP contribution in [0.4, 0.5) is 5.82 Å². The summed E-state index contributed by atoms with van der Waals surface area (Å²) < 4.78 is 0. The second kappa shape index (κ2) is 7.14. The fourth-order valence-corrected chi connectivity index (χ4v) is 3.83. The smallest absolute Gasteiger partial charge is 0.137 e. The number of halogens is 2. The van der Waals surface area contributed by atoms with E-state index >= 15 is 0 Å². The highest BCUT2D eigenvalue weighted by Crippen LogP contribution is 2.32. The summed E-state index contributed by atoms with van der Waals surface area (Å²) in [7, 11) is 0. The highest BCUT2D eigenvalue weighted by molar-refractivity contribution is 6.35. The summed E-state index contributed by atoms with van der Waals surface area (Å²) in [6, 6.07) is 6.25. The largest absolute Gasteiger partial charge is 0.367 e. The molecule has 0 radical (unpaired) electrons. The minimum atomic E-state index is 0.449. The van der Waals surface area contributed by atoms with Crippen LogP contribution in [0.15, 0.2) is 36.8 Å². The molecule has 0 spiro atoms. The standard InChI is InChI=1S/C19H18Cl2N4/c20-16-11-23-18(24-13-4-2-1-3-5-13)9-15(16)17-8-12-10-22-7-6-14(12)19(21)25-17/h6-11,13H,1-5H2,(H,23,24). The van der Waals surface area contributed by atoms with E-state index < -0.39 is 0 Å². The van der Waals surface area contributed by atoms with Crippen molar-refractivity contribution in [1.82, 2.24) is 15.0 Å². The Morgan fingerprint density at radius 2 is 1.88 bits per heavy atom. The molecule has 0 unspecified atom stereocenters. The molecule has 3 aromatic rings. The van der Waals surface area contributed by atoms with E-state index in [0.717, 1.165) is 27.8 Å². The molecule has 3 heterocycles. The van der Waals surface area contributed by atoms with Gasteiger partial charge in [-0.25, -0.2) is 9.97 Å². The Kier molecular flexibility index (Phi) is 4.73. The third-order valence-electron chi connectivity index (χ3n) is 4.67. The number of fused-ring (bicyclic) bond motifs is 1. The van der Waals surface area contributed by atoms with Crippen LogP contribution in [0.5, 0.6) is 0 Å². The maximum Gasteiger partial charge on any atom is 0.137 e. The summed E-state index contributed by atoms with van der Waals surface area (Å²) in [5.41, 5.74) is 1.55. The van der Waals surface area contributed by atoms with Crippen molar-refractivity contribution in [3.05, 3.63) is 47.0 Å². The number of rotatable bonds is 3. The lowest BCUT2D eigenvalue weighted by Gasteiger charge is -2.23. The predicted molar refractivity (Wildman–Crippen MR) is 103 cm³/mol. The van der Waals surface area contributed by atoms with Crippen LogP contribution in [0.2, 0.25) is 10.2 Å². The van der Waals surface area contributed by atoms with Crippen LogP contribution >= 0.6 is 23.2 Å². The molecule has 25 heavy (non-hydrogen) atoms. The summed E-state index contributed by atoms with van der Waals surface area (Å²) in [6.45, 7) is 0. The molecule has 0 saturated heterocycles. The number of nitrogens with one attached hydrogen (secondary N) is 1. The molecule has 0 atom stereocenters. The van der Waals surface area contributed by atoms with Gasteiger partial charge < -0.3 is 5.32 Å². The molecule has 0 bridgehead atoms. The van der Waals surface area contributed by atoms with Crippen molar-refractivity contribution >= 4 is 39.8 Å². The highest BCUT2D eigenvalue weighted by atomic mass is 35.5. The number of hydrogen-bond donors (Lipinski definition) is 1. The van der Waals surface area contributed by atoms with Gasteiger partial charge in [0, 0.05) is 41.0 Å². The summed E-state index contributed by atoms with van der Waals surface area (Å²) in [5, 5.41) is 6.35. The van der Waals surface area contributed by atoms with Gasteiger partial charge in [-0.1, -0.05) is 42.5 Å². The number of pyridine rings is 3. The van der Waals surface area contributed by atoms with Gasteiger partial charge in [0.15, 0.2) is 0 Å². The molecule has 6 heteroatoms. The molecular weight excluding hydrogens is 355 g/mol. The minimum absolute atomic E-state index is 0.449. The van der Waals surface area contributed by atoms with E-state index in [-0.39, 0.29) is 0 Å². The number of hydrogen-bond acceptors (Lipinski definition) is 4. The lowest BCUT2D eigenvalue weighted by atomic mass is 9.95. The van der Waals surface area contributed by atoms with Crippen LogP contribution in [0.25, 0.3) is 22.0 Å². The first kappa shape index (κ1) is 16.6. The van der Waals surface area contributed by atoms with Crippen LogP contribution in [-0.4, -0.2) is 21.0 Å². The number of aromatic nitrogens is 3. The van der Waals surface area contributed by atoms with E-state index in [1.165, 1.54) is 32.1 Å². The number of anilines is 1. The van der Waals surface area contributed by atoms with E-state index in [2.05, 4.69) is 20.3 Å². The number of nitrogens with zero attached hydrogens (tertiary/aromatic N) is 3. The summed E-state index contributed by atoms with van der Waals surface area (Å²) in [5.74, 6) is 0.829. The molecule has 1 N–H and O–H groups in total. The zero-order valence-electron chi connectivity index (χ0n) is 13.7. The molecule has 1 aliphatic rings. The Bertz CT molecular complexity index is 907. The Labute approximate surface area is 156 Å². The highest BCUT2D eigenvalue weighted by Gasteiger charge is 2.15. The van der Waals surface area contributed by atoms with Gasteiger partial charge in [-0.05, 0) is 31.0 Å². The zero-order chi connectivity index (χ0) is 17.2. The molecule has 3 aromatic heterocycles. The maximum absolute atomic E-state index is 6.39. The minimum Gasteiger partial charge on any atom is -0.367 e. The first-order chi connectivity index (χ1) is 12.2. The van der Waals surface area contributed by atoms with Crippen molar-refractivity contribution < 1.29 is 0 Å². The Hall–Kier alpha value is -1.91. The third-order valence-corrected chi connectivity index (χ3v) is 5.26. The Morgan fingerprint density at radius 1 is 1.04 bits per heavy atom. The summed E-state index contributed by atoms with van der Waals surface area (Å²) in [4.78, 5) is 13.1. The van der Waals surface area contributed by atoms with Crippen LogP contribution < -0.4 is 5.32 Å². The fraction of sp³-hybridized carbons (Fsp3) is 0.316. The van der Waals surface area contributed by atoms with Crippen LogP contribution in [0, 0.1) is 0 Å². The molecule has 4 rings (SSSR count). The van der Waals surface area contributed by atoms with Crippen molar-refractivity contribution in [2.24, 2.45) is 0 Å². The fourth-order valence-electron chi connectivity index (χ4n) is 3.36. The first-order valence-electron chi connectivity index (χ1n) is 8.53. The van der Waals surface area contributed by atoms with E-state index in [0.29, 0.717) is 16.2 Å². The van der Waals surface area contributed by atoms with Gasteiger partial charge >= 0.3 is 0 Å². The molecule has 4 nitrogen and oxygen atoms in total. The molecule has 0 amide bonds. The van der Waals surface area contributed by atoms with Gasteiger partial charge in [0.05, 0.1) is 10.7 Å². The van der Waals surface area contributed by atoms with Gasteiger partial charge in [0.2, 0.25) is 0 Å². The van der Waals surface area contributed by atoms with Crippen LogP contribution in [0.3, 0.4) is 0 Å². The van der Waals surface area contributed by atoms with E-state index in [4.69, 9.17) is 23.2 Å². The summed E-state index contributed by atoms with van der Waals surface area (Å²) in [6.07, 6.45) is 11.4. The molecule has 128 valence electrons.